The third-order valence-electron chi connectivity index (χ3n) is 4.46. The summed E-state index contributed by atoms with van der Waals surface area (Å²) >= 11 is 1.31. The molecule has 1 atom stereocenters. The van der Waals surface area contributed by atoms with Gasteiger partial charge >= 0.3 is 0 Å². The molecule has 2 aromatic rings. The van der Waals surface area contributed by atoms with E-state index in [-0.39, 0.29) is 36.1 Å². The molecule has 0 saturated heterocycles. The molecule has 0 radical (unpaired) electrons. The Morgan fingerprint density at radius 2 is 2.00 bits per heavy atom. The zero-order valence-electron chi connectivity index (χ0n) is 17.4. The van der Waals surface area contributed by atoms with Crippen LogP contribution < -0.4 is 10.1 Å². The molecule has 0 fully saturated rings. The second kappa shape index (κ2) is 11.8. The highest BCUT2D eigenvalue weighted by molar-refractivity contribution is 7.99. The van der Waals surface area contributed by atoms with Crippen LogP contribution in [0.25, 0.3) is 0 Å². The van der Waals surface area contributed by atoms with E-state index in [1.807, 2.05) is 25.3 Å². The first-order valence-corrected chi connectivity index (χ1v) is 10.7. The van der Waals surface area contributed by atoms with Crippen molar-refractivity contribution in [2.75, 3.05) is 19.5 Å². The molecule has 1 N–H and O–H groups in total. The van der Waals surface area contributed by atoms with E-state index in [0.717, 1.165) is 12.8 Å². The van der Waals surface area contributed by atoms with E-state index in [1.165, 1.54) is 17.8 Å². The number of nitrogens with one attached hydrogen (secondary N) is 1. The number of carbonyl (C=O) groups is 1. The maximum Gasteiger partial charge on any atom is 0.230 e. The van der Waals surface area contributed by atoms with Gasteiger partial charge in [-0.25, -0.2) is 4.39 Å². The topological polar surface area (TPSA) is 78.3 Å². The molecule has 29 heavy (non-hydrogen) atoms. The summed E-state index contributed by atoms with van der Waals surface area (Å²) in [6.45, 7) is 6.56. The highest BCUT2D eigenvalue weighted by atomic mass is 32.2. The highest BCUT2D eigenvalue weighted by Gasteiger charge is 2.20. The zero-order chi connectivity index (χ0) is 21.2. The molecule has 1 amide bonds. The number of methoxy groups -OCH3 is 1. The van der Waals surface area contributed by atoms with Gasteiger partial charge in [0.1, 0.15) is 6.61 Å². The maximum absolute atomic E-state index is 13.8. The minimum atomic E-state index is -0.434. The van der Waals surface area contributed by atoms with E-state index in [1.54, 1.807) is 25.3 Å². The molecular formula is C20H29FN4O3S. The van der Waals surface area contributed by atoms with Gasteiger partial charge in [-0.15, -0.1) is 10.2 Å². The summed E-state index contributed by atoms with van der Waals surface area (Å²) in [6, 6.07) is 6.32. The van der Waals surface area contributed by atoms with E-state index < -0.39 is 5.82 Å². The van der Waals surface area contributed by atoms with Crippen LogP contribution in [-0.2, 0) is 16.1 Å². The molecule has 0 bridgehead atoms. The van der Waals surface area contributed by atoms with Gasteiger partial charge in [0.05, 0.1) is 18.4 Å². The Morgan fingerprint density at radius 3 is 2.66 bits per heavy atom. The maximum atomic E-state index is 13.8. The Morgan fingerprint density at radius 1 is 1.28 bits per heavy atom. The fourth-order valence-electron chi connectivity index (χ4n) is 2.86. The molecule has 0 saturated carbocycles. The summed E-state index contributed by atoms with van der Waals surface area (Å²) in [5.74, 6) is 0.460. The van der Waals surface area contributed by atoms with Crippen LogP contribution in [-0.4, -0.2) is 46.2 Å². The molecule has 0 aliphatic heterocycles. The second-order valence-corrected chi connectivity index (χ2v) is 7.60. The number of hydrogen-bond donors (Lipinski definition) is 1. The zero-order valence-corrected chi connectivity index (χ0v) is 18.2. The quantitative estimate of drug-likeness (QED) is 0.525. The van der Waals surface area contributed by atoms with E-state index in [4.69, 9.17) is 9.47 Å². The van der Waals surface area contributed by atoms with E-state index in [2.05, 4.69) is 15.5 Å². The van der Waals surface area contributed by atoms with Gasteiger partial charge in [0.25, 0.3) is 0 Å². The van der Waals surface area contributed by atoms with Crippen molar-refractivity contribution in [1.82, 2.24) is 20.1 Å². The molecule has 0 unspecified atom stereocenters. The van der Waals surface area contributed by atoms with Gasteiger partial charge in [0, 0.05) is 13.2 Å². The number of halogens is 1. The first-order valence-electron chi connectivity index (χ1n) is 9.72. The van der Waals surface area contributed by atoms with Crippen LogP contribution in [0.4, 0.5) is 4.39 Å². The minimum absolute atomic E-state index is 0.0400. The van der Waals surface area contributed by atoms with Gasteiger partial charge in [-0.1, -0.05) is 37.7 Å². The standard InChI is InChI=1S/C20H29FN4O3S/c1-5-15(6-2)22-19(26)13-29-20-24-23-18(25(20)14(3)11-27-4)12-28-17-10-8-7-9-16(17)21/h7-10,14-15H,5-6,11-13H2,1-4H3,(H,22,26)/t14-/m1/s1. The summed E-state index contributed by atoms with van der Waals surface area (Å²) in [7, 11) is 1.62. The van der Waals surface area contributed by atoms with E-state index in [0.29, 0.717) is 17.6 Å². The van der Waals surface area contributed by atoms with Crippen LogP contribution in [0.5, 0.6) is 5.75 Å². The number of thioether (sulfide) groups is 1. The number of rotatable bonds is 12. The number of para-hydroxylation sites is 1. The van der Waals surface area contributed by atoms with Crippen molar-refractivity contribution in [2.24, 2.45) is 0 Å². The summed E-state index contributed by atoms with van der Waals surface area (Å²) in [5, 5.41) is 12.0. The smallest absolute Gasteiger partial charge is 0.230 e. The van der Waals surface area contributed by atoms with Crippen molar-refractivity contribution in [1.29, 1.82) is 0 Å². The average molecular weight is 425 g/mol. The lowest BCUT2D eigenvalue weighted by atomic mass is 10.2. The van der Waals surface area contributed by atoms with Crippen LogP contribution >= 0.6 is 11.8 Å². The monoisotopic (exact) mass is 424 g/mol. The Hall–Kier alpha value is -2.13. The van der Waals surface area contributed by atoms with Crippen LogP contribution in [0.3, 0.4) is 0 Å². The Kier molecular flexibility index (Phi) is 9.40. The molecule has 0 aliphatic rings. The van der Waals surface area contributed by atoms with Crippen LogP contribution in [0.15, 0.2) is 29.4 Å². The third-order valence-corrected chi connectivity index (χ3v) is 5.40. The molecule has 1 heterocycles. The summed E-state index contributed by atoms with van der Waals surface area (Å²) in [5.41, 5.74) is 0. The number of hydrogen-bond acceptors (Lipinski definition) is 6. The number of ether oxygens (including phenoxy) is 2. The number of benzene rings is 1. The molecule has 9 heteroatoms. The molecular weight excluding hydrogens is 395 g/mol. The van der Waals surface area contributed by atoms with Gasteiger partial charge in [-0.2, -0.15) is 0 Å². The lowest BCUT2D eigenvalue weighted by Crippen LogP contribution is -2.35. The van der Waals surface area contributed by atoms with Gasteiger partial charge < -0.3 is 14.8 Å². The second-order valence-electron chi connectivity index (χ2n) is 6.66. The predicted molar refractivity (Wildman–Crippen MR) is 111 cm³/mol. The summed E-state index contributed by atoms with van der Waals surface area (Å²) < 4.78 is 26.5. The van der Waals surface area contributed by atoms with Crippen molar-refractivity contribution in [3.8, 4) is 5.75 Å². The molecule has 0 spiro atoms. The Bertz CT molecular complexity index is 783. The number of carbonyl (C=O) groups excluding carboxylic acids is 1. The van der Waals surface area contributed by atoms with Crippen molar-refractivity contribution in [2.45, 2.75) is 57.5 Å². The normalized spacial score (nSPS) is 12.2. The minimum Gasteiger partial charge on any atom is -0.483 e. The summed E-state index contributed by atoms with van der Waals surface area (Å²) in [4.78, 5) is 12.2. The Labute approximate surface area is 175 Å². The predicted octanol–water partition coefficient (Wildman–Crippen LogP) is 3.60. The molecule has 1 aromatic heterocycles. The van der Waals surface area contributed by atoms with Gasteiger partial charge in [0.2, 0.25) is 5.91 Å². The van der Waals surface area contributed by atoms with Gasteiger partial charge in [-0.3, -0.25) is 9.36 Å². The number of nitrogens with zero attached hydrogens (tertiary/aromatic N) is 3. The number of aromatic nitrogens is 3. The van der Waals surface area contributed by atoms with E-state index in [9.17, 15) is 9.18 Å². The first-order chi connectivity index (χ1) is 14.0. The van der Waals surface area contributed by atoms with Crippen molar-refractivity contribution in [3.63, 3.8) is 0 Å². The third kappa shape index (κ3) is 6.71. The molecule has 1 aromatic carbocycles. The van der Waals surface area contributed by atoms with Crippen molar-refractivity contribution < 1.29 is 18.7 Å². The van der Waals surface area contributed by atoms with Crippen molar-refractivity contribution >= 4 is 17.7 Å². The van der Waals surface area contributed by atoms with Crippen LogP contribution in [0, 0.1) is 5.82 Å². The van der Waals surface area contributed by atoms with E-state index >= 15 is 0 Å². The first kappa shape index (κ1) is 23.2. The van der Waals surface area contributed by atoms with Crippen molar-refractivity contribution in [3.05, 3.63) is 35.9 Å². The van der Waals surface area contributed by atoms with Gasteiger partial charge in [0.15, 0.2) is 22.5 Å². The Balaban J connectivity index is 2.09. The van der Waals surface area contributed by atoms with Crippen LogP contribution in [0.1, 0.15) is 45.5 Å². The SMILES string of the molecule is CCC(CC)NC(=O)CSc1nnc(COc2ccccc2F)n1[C@H](C)COC. The molecule has 7 nitrogen and oxygen atoms in total. The largest absolute Gasteiger partial charge is 0.483 e. The fraction of sp³-hybridized carbons (Fsp3) is 0.550. The molecule has 2 rings (SSSR count). The molecule has 160 valence electrons. The lowest BCUT2D eigenvalue weighted by molar-refractivity contribution is -0.119. The summed E-state index contributed by atoms with van der Waals surface area (Å²) in [6.07, 6.45) is 1.79. The molecule has 0 aliphatic carbocycles. The van der Waals surface area contributed by atoms with Gasteiger partial charge in [-0.05, 0) is 31.9 Å². The fourth-order valence-corrected chi connectivity index (χ4v) is 3.73. The average Bonchev–Trinajstić information content (AvgIpc) is 3.13. The van der Waals surface area contributed by atoms with Crippen LogP contribution in [0.2, 0.25) is 0 Å². The lowest BCUT2D eigenvalue weighted by Gasteiger charge is -2.18. The number of amides is 1. The highest BCUT2D eigenvalue weighted by Crippen LogP contribution is 2.24.